The quantitative estimate of drug-likeness (QED) is 0.357. The van der Waals surface area contributed by atoms with E-state index in [4.69, 9.17) is 4.74 Å². The predicted molar refractivity (Wildman–Crippen MR) is 151 cm³/mol. The molecule has 0 aliphatic heterocycles. The number of hydrogen-bond acceptors (Lipinski definition) is 7. The Morgan fingerprint density at radius 2 is 1.95 bits per heavy atom. The zero-order chi connectivity index (χ0) is 28.3. The molecule has 3 aromatic rings. The number of likely N-dealkylation sites (N-methyl/N-ethyl adjacent to an activating group) is 2. The molecule has 1 aromatic heterocycles. The molecule has 4 rings (SSSR count). The maximum absolute atomic E-state index is 14.7. The number of nitrogens with one attached hydrogen (secondary N) is 2. The zero-order valence-corrected chi connectivity index (χ0v) is 22.7. The first kappa shape index (κ1) is 27.7. The van der Waals surface area contributed by atoms with Gasteiger partial charge in [-0.15, -0.1) is 0 Å². The SMILES string of the molecule is C=CC(=O)Nc1cc(Nc2nccc(C3=CCc4c3cc(F)c(C)c4F)n2)c(OC)cc1N(C)CCN(C)C. The molecule has 1 aliphatic rings. The van der Waals surface area contributed by atoms with Gasteiger partial charge in [-0.3, -0.25) is 4.79 Å². The summed E-state index contributed by atoms with van der Waals surface area (Å²) in [4.78, 5) is 25.2. The van der Waals surface area contributed by atoms with Gasteiger partial charge in [0.05, 0.1) is 29.9 Å². The molecular weight excluding hydrogens is 502 g/mol. The Kier molecular flexibility index (Phi) is 8.25. The van der Waals surface area contributed by atoms with Crippen LogP contribution in [0.1, 0.15) is 22.4 Å². The highest BCUT2D eigenvalue weighted by Gasteiger charge is 2.24. The number of methoxy groups -OCH3 is 1. The lowest BCUT2D eigenvalue weighted by molar-refractivity contribution is -0.111. The molecule has 0 spiro atoms. The van der Waals surface area contributed by atoms with E-state index in [1.807, 2.05) is 38.2 Å². The third-order valence-corrected chi connectivity index (χ3v) is 6.58. The Morgan fingerprint density at radius 3 is 2.64 bits per heavy atom. The summed E-state index contributed by atoms with van der Waals surface area (Å²) in [6.07, 6.45) is 4.96. The minimum absolute atomic E-state index is 0.00990. The van der Waals surface area contributed by atoms with Crippen LogP contribution >= 0.6 is 0 Å². The van der Waals surface area contributed by atoms with Crippen LogP contribution in [0, 0.1) is 18.6 Å². The minimum atomic E-state index is -0.596. The van der Waals surface area contributed by atoms with Gasteiger partial charge in [0.2, 0.25) is 11.9 Å². The molecule has 0 bridgehead atoms. The Bertz CT molecular complexity index is 1450. The van der Waals surface area contributed by atoms with E-state index in [0.717, 1.165) is 12.2 Å². The van der Waals surface area contributed by atoms with Crippen molar-refractivity contribution in [3.8, 4) is 5.75 Å². The molecular formula is C29H32F2N6O2. The van der Waals surface area contributed by atoms with Crippen LogP contribution in [0.5, 0.6) is 5.75 Å². The van der Waals surface area contributed by atoms with E-state index in [1.54, 1.807) is 25.4 Å². The van der Waals surface area contributed by atoms with E-state index in [1.165, 1.54) is 19.1 Å². The zero-order valence-electron chi connectivity index (χ0n) is 22.7. The average molecular weight is 535 g/mol. The summed E-state index contributed by atoms with van der Waals surface area (Å²) >= 11 is 0. The summed E-state index contributed by atoms with van der Waals surface area (Å²) in [6, 6.07) is 6.61. The Labute approximate surface area is 227 Å². The third kappa shape index (κ3) is 5.91. The number of amides is 1. The lowest BCUT2D eigenvalue weighted by atomic mass is 10.00. The lowest BCUT2D eigenvalue weighted by Gasteiger charge is -2.26. The van der Waals surface area contributed by atoms with Crippen molar-refractivity contribution >= 4 is 34.5 Å². The monoisotopic (exact) mass is 534 g/mol. The number of carbonyl (C=O) groups is 1. The number of ether oxygens (including phenoxy) is 1. The molecule has 1 amide bonds. The van der Waals surface area contributed by atoms with Crippen molar-refractivity contribution in [3.63, 3.8) is 0 Å². The van der Waals surface area contributed by atoms with E-state index in [-0.39, 0.29) is 17.4 Å². The molecule has 8 nitrogen and oxygen atoms in total. The van der Waals surface area contributed by atoms with Crippen LogP contribution in [-0.2, 0) is 11.2 Å². The maximum Gasteiger partial charge on any atom is 0.247 e. The fourth-order valence-electron chi connectivity index (χ4n) is 4.36. The van der Waals surface area contributed by atoms with E-state index >= 15 is 0 Å². The summed E-state index contributed by atoms with van der Waals surface area (Å²) in [5.41, 5.74) is 3.94. The molecule has 204 valence electrons. The maximum atomic E-state index is 14.7. The van der Waals surface area contributed by atoms with Gasteiger partial charge in [-0.25, -0.2) is 18.7 Å². The topological polar surface area (TPSA) is 82.6 Å². The number of nitrogens with zero attached hydrogens (tertiary/aromatic N) is 4. The average Bonchev–Trinajstić information content (AvgIpc) is 3.34. The standard InChI is InChI=1S/C29H32F2N6O2/c1-7-27(38)33-23-15-24(26(39-6)16-25(23)37(5)13-12-36(3)4)35-29-32-11-10-22(34-29)18-8-9-19-20(18)14-21(30)17(2)28(19)31/h7-8,10-11,14-16H,1,9,12-13H2,2-6H3,(H,33,38)(H,32,34,35). The lowest BCUT2D eigenvalue weighted by Crippen LogP contribution is -2.29. The third-order valence-electron chi connectivity index (χ3n) is 6.58. The first-order chi connectivity index (χ1) is 18.6. The van der Waals surface area contributed by atoms with E-state index in [2.05, 4.69) is 32.1 Å². The van der Waals surface area contributed by atoms with Crippen molar-refractivity contribution in [1.29, 1.82) is 0 Å². The fraction of sp³-hybridized carbons (Fsp3) is 0.276. The highest BCUT2D eigenvalue weighted by molar-refractivity contribution is 6.02. The van der Waals surface area contributed by atoms with Crippen molar-refractivity contribution < 1.29 is 18.3 Å². The molecule has 0 unspecified atom stereocenters. The molecule has 39 heavy (non-hydrogen) atoms. The Hall–Kier alpha value is -4.31. The van der Waals surface area contributed by atoms with Gasteiger partial charge in [-0.2, -0.15) is 0 Å². The van der Waals surface area contributed by atoms with Crippen molar-refractivity contribution in [2.45, 2.75) is 13.3 Å². The second-order valence-electron chi connectivity index (χ2n) is 9.52. The molecule has 1 heterocycles. The highest BCUT2D eigenvalue weighted by Crippen LogP contribution is 2.39. The van der Waals surface area contributed by atoms with Crippen molar-refractivity contribution in [2.24, 2.45) is 0 Å². The number of hydrogen-bond donors (Lipinski definition) is 2. The predicted octanol–water partition coefficient (Wildman–Crippen LogP) is 4.93. The highest BCUT2D eigenvalue weighted by atomic mass is 19.1. The number of halogens is 2. The molecule has 1 aliphatic carbocycles. The first-order valence-electron chi connectivity index (χ1n) is 12.4. The molecule has 0 fully saturated rings. The van der Waals surface area contributed by atoms with Crippen molar-refractivity contribution in [3.05, 3.63) is 83.2 Å². The summed E-state index contributed by atoms with van der Waals surface area (Å²) in [5, 5.41) is 6.02. The molecule has 2 aromatic carbocycles. The van der Waals surface area contributed by atoms with Crippen LogP contribution in [0.25, 0.3) is 5.57 Å². The number of rotatable bonds is 10. The van der Waals surface area contributed by atoms with E-state index in [0.29, 0.717) is 52.5 Å². The number of anilines is 4. The van der Waals surface area contributed by atoms with Crippen LogP contribution < -0.4 is 20.3 Å². The van der Waals surface area contributed by atoms with Crippen LogP contribution in [0.3, 0.4) is 0 Å². The van der Waals surface area contributed by atoms with Crippen molar-refractivity contribution in [1.82, 2.24) is 14.9 Å². The van der Waals surface area contributed by atoms with E-state index < -0.39 is 11.6 Å². The summed E-state index contributed by atoms with van der Waals surface area (Å²) in [6.45, 7) is 6.50. The Morgan fingerprint density at radius 1 is 1.18 bits per heavy atom. The smallest absolute Gasteiger partial charge is 0.247 e. The molecule has 0 saturated carbocycles. The number of benzene rings is 2. The van der Waals surface area contributed by atoms with Gasteiger partial charge < -0.3 is 25.2 Å². The van der Waals surface area contributed by atoms with Gasteiger partial charge >= 0.3 is 0 Å². The number of fused-ring (bicyclic) bond motifs is 1. The van der Waals surface area contributed by atoms with Gasteiger partial charge in [0.1, 0.15) is 17.4 Å². The van der Waals surface area contributed by atoms with Gasteiger partial charge in [-0.1, -0.05) is 12.7 Å². The Balaban J connectivity index is 1.68. The molecule has 0 radical (unpaired) electrons. The first-order valence-corrected chi connectivity index (χ1v) is 12.4. The largest absolute Gasteiger partial charge is 0.494 e. The second kappa shape index (κ2) is 11.6. The van der Waals surface area contributed by atoms with Crippen LogP contribution in [-0.4, -0.2) is 62.1 Å². The number of allylic oxidation sites excluding steroid dienone is 1. The second-order valence-corrected chi connectivity index (χ2v) is 9.52. The van der Waals surface area contributed by atoms with Gasteiger partial charge in [0.25, 0.3) is 0 Å². The normalized spacial score (nSPS) is 12.2. The van der Waals surface area contributed by atoms with Gasteiger partial charge in [-0.05, 0) is 62.8 Å². The molecule has 2 N–H and O–H groups in total. The number of carbonyl (C=O) groups excluding carboxylic acids is 1. The fourth-order valence-corrected chi connectivity index (χ4v) is 4.36. The van der Waals surface area contributed by atoms with Gasteiger partial charge in [0.15, 0.2) is 0 Å². The molecule has 10 heteroatoms. The van der Waals surface area contributed by atoms with Crippen LogP contribution in [0.2, 0.25) is 0 Å². The number of aromatic nitrogens is 2. The summed E-state index contributed by atoms with van der Waals surface area (Å²) in [5.74, 6) is -0.715. The molecule has 0 saturated heterocycles. The summed E-state index contributed by atoms with van der Waals surface area (Å²) < 4.78 is 34.6. The summed E-state index contributed by atoms with van der Waals surface area (Å²) in [7, 11) is 7.46. The van der Waals surface area contributed by atoms with Crippen LogP contribution in [0.4, 0.5) is 31.8 Å². The van der Waals surface area contributed by atoms with E-state index in [9.17, 15) is 13.6 Å². The minimum Gasteiger partial charge on any atom is -0.494 e. The van der Waals surface area contributed by atoms with Crippen molar-refractivity contribution in [2.75, 3.05) is 56.9 Å². The van der Waals surface area contributed by atoms with Gasteiger partial charge in [0, 0.05) is 43.5 Å². The molecule has 0 atom stereocenters. The van der Waals surface area contributed by atoms with Crippen LogP contribution in [0.15, 0.2) is 49.2 Å².